The summed E-state index contributed by atoms with van der Waals surface area (Å²) >= 11 is 0. The lowest BCUT2D eigenvalue weighted by molar-refractivity contribution is -0.148. The van der Waals surface area contributed by atoms with Crippen LogP contribution >= 0.6 is 0 Å². The third kappa shape index (κ3) is 3.10. The van der Waals surface area contributed by atoms with Crippen LogP contribution in [0.3, 0.4) is 0 Å². The van der Waals surface area contributed by atoms with E-state index in [1.165, 1.54) is 5.56 Å². The third-order valence-electron chi connectivity index (χ3n) is 3.53. The maximum Gasteiger partial charge on any atom is 0.310 e. The van der Waals surface area contributed by atoms with Crippen molar-refractivity contribution in [2.24, 2.45) is 11.8 Å². The van der Waals surface area contributed by atoms with Crippen LogP contribution < -0.4 is 0 Å². The van der Waals surface area contributed by atoms with Crippen molar-refractivity contribution in [3.63, 3.8) is 0 Å². The van der Waals surface area contributed by atoms with Crippen molar-refractivity contribution in [3.8, 4) is 0 Å². The van der Waals surface area contributed by atoms with Gasteiger partial charge in [0, 0.05) is 19.6 Å². The molecule has 1 heterocycles. The molecule has 1 aromatic carbocycles. The second-order valence-electron chi connectivity index (χ2n) is 5.02. The van der Waals surface area contributed by atoms with Gasteiger partial charge in [-0.3, -0.25) is 9.69 Å². The average Bonchev–Trinajstić information content (AvgIpc) is 2.72. The number of esters is 1. The quantitative estimate of drug-likeness (QED) is 0.765. The molecule has 1 aliphatic rings. The Kier molecular flexibility index (Phi) is 4.37. The van der Waals surface area contributed by atoms with Gasteiger partial charge in [0.25, 0.3) is 0 Å². The Hall–Kier alpha value is -1.35. The van der Waals surface area contributed by atoms with Crippen LogP contribution in [0.15, 0.2) is 30.3 Å². The summed E-state index contributed by atoms with van der Waals surface area (Å²) in [4.78, 5) is 14.1. The van der Waals surface area contributed by atoms with E-state index in [0.29, 0.717) is 12.5 Å². The highest BCUT2D eigenvalue weighted by Crippen LogP contribution is 2.25. The van der Waals surface area contributed by atoms with Crippen molar-refractivity contribution in [2.45, 2.75) is 20.4 Å². The summed E-state index contributed by atoms with van der Waals surface area (Å²) in [6.07, 6.45) is 0. The number of carbonyl (C=O) groups excluding carboxylic acids is 1. The van der Waals surface area contributed by atoms with Gasteiger partial charge in [-0.25, -0.2) is 0 Å². The summed E-state index contributed by atoms with van der Waals surface area (Å²) in [5, 5.41) is 0. The van der Waals surface area contributed by atoms with Gasteiger partial charge in [-0.15, -0.1) is 0 Å². The first-order valence-electron chi connectivity index (χ1n) is 6.63. The van der Waals surface area contributed by atoms with Crippen LogP contribution in [0.25, 0.3) is 0 Å². The van der Waals surface area contributed by atoms with E-state index in [4.69, 9.17) is 4.74 Å². The lowest BCUT2D eigenvalue weighted by Gasteiger charge is -2.15. The summed E-state index contributed by atoms with van der Waals surface area (Å²) in [6, 6.07) is 10.4. The predicted octanol–water partition coefficient (Wildman–Crippen LogP) is 2.32. The minimum absolute atomic E-state index is 0.0358. The van der Waals surface area contributed by atoms with Crippen LogP contribution in [-0.4, -0.2) is 30.6 Å². The molecular weight excluding hydrogens is 226 g/mol. The van der Waals surface area contributed by atoms with Gasteiger partial charge in [0.05, 0.1) is 12.5 Å². The van der Waals surface area contributed by atoms with Gasteiger partial charge in [0.1, 0.15) is 0 Å². The Morgan fingerprint density at radius 1 is 1.33 bits per heavy atom. The molecule has 1 aliphatic heterocycles. The average molecular weight is 247 g/mol. The zero-order valence-corrected chi connectivity index (χ0v) is 11.1. The van der Waals surface area contributed by atoms with Gasteiger partial charge >= 0.3 is 5.97 Å². The monoisotopic (exact) mass is 247 g/mol. The first-order valence-corrected chi connectivity index (χ1v) is 6.63. The molecule has 98 valence electrons. The van der Waals surface area contributed by atoms with Crippen molar-refractivity contribution in [1.29, 1.82) is 0 Å². The van der Waals surface area contributed by atoms with Gasteiger partial charge in [-0.2, -0.15) is 0 Å². The van der Waals surface area contributed by atoms with E-state index in [1.54, 1.807) is 0 Å². The molecule has 0 aliphatic carbocycles. The standard InChI is InChI=1S/C15H21NO2/c1-3-18-15(17)14-11-16(9-12(14)2)10-13-7-5-4-6-8-13/h4-8,12,14H,3,9-11H2,1-2H3/t12-,14?/m0/s1. The number of likely N-dealkylation sites (tertiary alicyclic amines) is 1. The minimum Gasteiger partial charge on any atom is -0.466 e. The van der Waals surface area contributed by atoms with Gasteiger partial charge in [-0.05, 0) is 18.4 Å². The molecule has 1 unspecified atom stereocenters. The highest BCUT2D eigenvalue weighted by atomic mass is 16.5. The second-order valence-corrected chi connectivity index (χ2v) is 5.02. The summed E-state index contributed by atoms with van der Waals surface area (Å²) in [5.74, 6) is 0.377. The fourth-order valence-corrected chi connectivity index (χ4v) is 2.59. The van der Waals surface area contributed by atoms with Gasteiger partial charge in [-0.1, -0.05) is 37.3 Å². The number of nitrogens with zero attached hydrogens (tertiary/aromatic N) is 1. The van der Waals surface area contributed by atoms with Gasteiger partial charge in [0.2, 0.25) is 0 Å². The number of carbonyl (C=O) groups is 1. The molecule has 3 heteroatoms. The Morgan fingerprint density at radius 3 is 2.72 bits per heavy atom. The lowest BCUT2D eigenvalue weighted by atomic mass is 9.99. The summed E-state index contributed by atoms with van der Waals surface area (Å²) in [5.41, 5.74) is 1.30. The molecule has 0 N–H and O–H groups in total. The topological polar surface area (TPSA) is 29.5 Å². The van der Waals surface area contributed by atoms with E-state index in [-0.39, 0.29) is 11.9 Å². The zero-order chi connectivity index (χ0) is 13.0. The molecular formula is C15H21NO2. The van der Waals surface area contributed by atoms with Crippen molar-refractivity contribution in [3.05, 3.63) is 35.9 Å². The van der Waals surface area contributed by atoms with E-state index >= 15 is 0 Å². The third-order valence-corrected chi connectivity index (χ3v) is 3.53. The van der Waals surface area contributed by atoms with E-state index in [0.717, 1.165) is 19.6 Å². The molecule has 2 rings (SSSR count). The number of rotatable bonds is 4. The Bertz CT molecular complexity index is 391. The van der Waals surface area contributed by atoms with Crippen LogP contribution in [0.4, 0.5) is 0 Å². The van der Waals surface area contributed by atoms with E-state index in [1.807, 2.05) is 13.0 Å². The highest BCUT2D eigenvalue weighted by Gasteiger charge is 2.35. The highest BCUT2D eigenvalue weighted by molar-refractivity contribution is 5.73. The molecule has 0 bridgehead atoms. The summed E-state index contributed by atoms with van der Waals surface area (Å²) in [7, 11) is 0. The zero-order valence-electron chi connectivity index (χ0n) is 11.1. The lowest BCUT2D eigenvalue weighted by Crippen LogP contribution is -2.25. The summed E-state index contributed by atoms with van der Waals surface area (Å²) < 4.78 is 5.13. The Balaban J connectivity index is 1.92. The maximum atomic E-state index is 11.8. The van der Waals surface area contributed by atoms with Crippen LogP contribution in [-0.2, 0) is 16.1 Å². The minimum atomic E-state index is -0.0411. The van der Waals surface area contributed by atoms with E-state index in [9.17, 15) is 4.79 Å². The fourth-order valence-electron chi connectivity index (χ4n) is 2.59. The largest absolute Gasteiger partial charge is 0.466 e. The second kappa shape index (κ2) is 6.01. The fraction of sp³-hybridized carbons (Fsp3) is 0.533. The van der Waals surface area contributed by atoms with Gasteiger partial charge in [0.15, 0.2) is 0 Å². The number of ether oxygens (including phenoxy) is 1. The first-order chi connectivity index (χ1) is 8.70. The van der Waals surface area contributed by atoms with Gasteiger partial charge < -0.3 is 4.74 Å². The molecule has 0 spiro atoms. The smallest absolute Gasteiger partial charge is 0.310 e. The molecule has 1 aromatic rings. The van der Waals surface area contributed by atoms with Crippen molar-refractivity contribution < 1.29 is 9.53 Å². The predicted molar refractivity (Wildman–Crippen MR) is 71.0 cm³/mol. The molecule has 0 aromatic heterocycles. The molecule has 3 nitrogen and oxygen atoms in total. The Labute approximate surface area is 109 Å². The van der Waals surface area contributed by atoms with Crippen molar-refractivity contribution in [1.82, 2.24) is 4.90 Å². The molecule has 2 atom stereocenters. The number of hydrogen-bond acceptors (Lipinski definition) is 3. The number of hydrogen-bond donors (Lipinski definition) is 0. The summed E-state index contributed by atoms with van der Waals surface area (Å²) in [6.45, 7) is 7.17. The van der Waals surface area contributed by atoms with Crippen molar-refractivity contribution >= 4 is 5.97 Å². The van der Waals surface area contributed by atoms with E-state index in [2.05, 4.69) is 36.1 Å². The van der Waals surface area contributed by atoms with Crippen LogP contribution in [0.2, 0.25) is 0 Å². The van der Waals surface area contributed by atoms with Crippen LogP contribution in [0.5, 0.6) is 0 Å². The first kappa shape index (κ1) is 13.1. The maximum absolute atomic E-state index is 11.8. The molecule has 0 amide bonds. The molecule has 0 radical (unpaired) electrons. The van der Waals surface area contributed by atoms with Crippen LogP contribution in [0.1, 0.15) is 19.4 Å². The molecule has 0 saturated carbocycles. The molecule has 1 fully saturated rings. The molecule has 18 heavy (non-hydrogen) atoms. The Morgan fingerprint density at radius 2 is 2.06 bits per heavy atom. The number of benzene rings is 1. The van der Waals surface area contributed by atoms with Crippen LogP contribution in [0, 0.1) is 11.8 Å². The normalized spacial score (nSPS) is 24.1. The van der Waals surface area contributed by atoms with Crippen molar-refractivity contribution in [2.75, 3.05) is 19.7 Å². The SMILES string of the molecule is CCOC(=O)C1CN(Cc2ccccc2)C[C@@H]1C. The molecule has 1 saturated heterocycles. The van der Waals surface area contributed by atoms with E-state index < -0.39 is 0 Å².